The van der Waals surface area contributed by atoms with Gasteiger partial charge in [0.2, 0.25) is 0 Å². The fraction of sp³-hybridized carbons (Fsp3) is 0.950. The van der Waals surface area contributed by atoms with Crippen molar-refractivity contribution in [1.29, 1.82) is 0 Å². The van der Waals surface area contributed by atoms with E-state index >= 15 is 0 Å². The third-order valence-electron chi connectivity index (χ3n) is 5.00. The van der Waals surface area contributed by atoms with Crippen molar-refractivity contribution in [3.8, 4) is 0 Å². The number of hydrogen-bond donors (Lipinski definition) is 4. The molecule has 8 heteroatoms. The molecule has 0 aromatic heterocycles. The average Bonchev–Trinajstić information content (AvgIpc) is 2.68. The van der Waals surface area contributed by atoms with Crippen molar-refractivity contribution in [2.24, 2.45) is 0 Å². The molecule has 0 saturated carbocycles. The van der Waals surface area contributed by atoms with Gasteiger partial charge in [0.25, 0.3) is 0 Å². The van der Waals surface area contributed by atoms with Crippen LogP contribution in [0.25, 0.3) is 0 Å². The Kier molecular flexibility index (Phi) is 13.6. The van der Waals surface area contributed by atoms with Gasteiger partial charge in [-0.3, -0.25) is 0 Å². The predicted octanol–water partition coefficient (Wildman–Crippen LogP) is 1.83. The lowest BCUT2D eigenvalue weighted by Gasteiger charge is -2.41. The topological polar surface area (TPSA) is 126 Å². The molecular formula is C20H38O8. The number of ether oxygens (including phenoxy) is 3. The maximum Gasteiger partial charge on any atom is 0.329 e. The lowest BCUT2D eigenvalue weighted by molar-refractivity contribution is -0.307. The molecule has 1 fully saturated rings. The number of carboxylic acid groups (broad SMARTS) is 1. The Morgan fingerprint density at radius 2 is 1.46 bits per heavy atom. The number of carboxylic acids is 1. The van der Waals surface area contributed by atoms with E-state index in [1.807, 2.05) is 0 Å². The number of unbranched alkanes of at least 4 members (excludes halogenated alkanes) is 9. The van der Waals surface area contributed by atoms with E-state index in [2.05, 4.69) is 6.92 Å². The van der Waals surface area contributed by atoms with Crippen LogP contribution in [0, 0.1) is 0 Å². The first-order chi connectivity index (χ1) is 13.5. The van der Waals surface area contributed by atoms with E-state index in [-0.39, 0.29) is 0 Å². The third kappa shape index (κ3) is 9.62. The molecule has 1 heterocycles. The molecule has 0 aromatic carbocycles. The maximum absolute atomic E-state index is 10.6. The number of hydrogen-bond acceptors (Lipinski definition) is 7. The molecule has 8 nitrogen and oxygen atoms in total. The Labute approximate surface area is 167 Å². The molecule has 0 radical (unpaired) electrons. The molecule has 166 valence electrons. The smallest absolute Gasteiger partial charge is 0.329 e. The van der Waals surface area contributed by atoms with Crippen LogP contribution in [0.1, 0.15) is 71.1 Å². The molecule has 1 saturated heterocycles. The third-order valence-corrected chi connectivity index (χ3v) is 5.00. The summed E-state index contributed by atoms with van der Waals surface area (Å²) in [5, 5.41) is 38.4. The molecule has 28 heavy (non-hydrogen) atoms. The molecule has 0 spiro atoms. The van der Waals surface area contributed by atoms with Crippen LogP contribution in [0.2, 0.25) is 0 Å². The van der Waals surface area contributed by atoms with Crippen LogP contribution >= 0.6 is 0 Å². The molecule has 5 atom stereocenters. The first kappa shape index (κ1) is 25.3. The molecule has 0 aromatic rings. The molecular weight excluding hydrogens is 368 g/mol. The van der Waals surface area contributed by atoms with E-state index in [0.29, 0.717) is 6.61 Å². The Bertz CT molecular complexity index is 404. The summed E-state index contributed by atoms with van der Waals surface area (Å²) in [4.78, 5) is 10.6. The van der Waals surface area contributed by atoms with Crippen LogP contribution in [0.15, 0.2) is 0 Å². The van der Waals surface area contributed by atoms with E-state index in [1.165, 1.54) is 44.9 Å². The largest absolute Gasteiger partial charge is 0.480 e. The number of aliphatic hydroxyl groups excluding tert-OH is 3. The van der Waals surface area contributed by atoms with Gasteiger partial charge in [-0.05, 0) is 6.42 Å². The second-order valence-electron chi connectivity index (χ2n) is 7.43. The molecule has 5 unspecified atom stereocenters. The summed E-state index contributed by atoms with van der Waals surface area (Å²) in [6.45, 7) is 1.46. The lowest BCUT2D eigenvalue weighted by Crippen LogP contribution is -2.60. The molecule has 1 aliphatic heterocycles. The van der Waals surface area contributed by atoms with Gasteiger partial charge >= 0.3 is 5.97 Å². The van der Waals surface area contributed by atoms with Crippen molar-refractivity contribution in [2.45, 2.75) is 102 Å². The Morgan fingerprint density at radius 3 is 2.00 bits per heavy atom. The van der Waals surface area contributed by atoms with Crippen LogP contribution in [0.4, 0.5) is 0 Å². The van der Waals surface area contributed by atoms with Gasteiger partial charge in [0.1, 0.15) is 31.0 Å². The Morgan fingerprint density at radius 1 is 0.893 bits per heavy atom. The molecule has 0 aliphatic carbocycles. The van der Waals surface area contributed by atoms with Crippen LogP contribution in [0.5, 0.6) is 0 Å². The van der Waals surface area contributed by atoms with Crippen molar-refractivity contribution < 1.29 is 39.4 Å². The van der Waals surface area contributed by atoms with Crippen LogP contribution < -0.4 is 0 Å². The molecule has 1 rings (SSSR count). The lowest BCUT2D eigenvalue weighted by atomic mass is 9.99. The fourth-order valence-corrected chi connectivity index (χ4v) is 3.35. The van der Waals surface area contributed by atoms with Gasteiger partial charge in [0.05, 0.1) is 6.61 Å². The van der Waals surface area contributed by atoms with Gasteiger partial charge in [0, 0.05) is 6.61 Å². The quantitative estimate of drug-likeness (QED) is 0.286. The number of carbonyl (C=O) groups is 1. The van der Waals surface area contributed by atoms with E-state index in [9.17, 15) is 20.1 Å². The summed E-state index contributed by atoms with van der Waals surface area (Å²) in [7, 11) is 0. The van der Waals surface area contributed by atoms with Crippen molar-refractivity contribution >= 4 is 5.97 Å². The zero-order valence-corrected chi connectivity index (χ0v) is 17.0. The Balaban J connectivity index is 2.18. The fourth-order valence-electron chi connectivity index (χ4n) is 3.35. The monoisotopic (exact) mass is 406 g/mol. The molecule has 0 amide bonds. The van der Waals surface area contributed by atoms with Crippen LogP contribution in [0.3, 0.4) is 0 Å². The highest BCUT2D eigenvalue weighted by molar-refractivity contribution is 5.68. The summed E-state index contributed by atoms with van der Waals surface area (Å²) < 4.78 is 16.0. The zero-order chi connectivity index (χ0) is 20.8. The predicted molar refractivity (Wildman–Crippen MR) is 103 cm³/mol. The zero-order valence-electron chi connectivity index (χ0n) is 17.0. The minimum absolute atomic E-state index is 0.379. The van der Waals surface area contributed by atoms with Gasteiger partial charge in [-0.15, -0.1) is 0 Å². The first-order valence-corrected chi connectivity index (χ1v) is 10.6. The number of rotatable bonds is 16. The summed E-state index contributed by atoms with van der Waals surface area (Å²) in [5.74, 6) is -1.21. The normalized spacial score (nSPS) is 27.8. The summed E-state index contributed by atoms with van der Waals surface area (Å²) in [5.41, 5.74) is 0. The molecule has 1 aliphatic rings. The van der Waals surface area contributed by atoms with Crippen LogP contribution in [-0.4, -0.2) is 76.9 Å². The van der Waals surface area contributed by atoms with E-state index in [1.54, 1.807) is 0 Å². The minimum atomic E-state index is -1.40. The van der Waals surface area contributed by atoms with Gasteiger partial charge < -0.3 is 34.6 Å². The standard InChI is InChI=1S/C20H38O8/c1-2-3-4-5-6-7-8-9-10-11-12-26-20-18(25)17(24)19(15(13-21)28-20)27-14-16(22)23/h15,17-21,24-25H,2-14H2,1H3,(H,22,23). The minimum Gasteiger partial charge on any atom is -0.480 e. The van der Waals surface area contributed by atoms with E-state index in [4.69, 9.17) is 19.3 Å². The molecule has 4 N–H and O–H groups in total. The highest BCUT2D eigenvalue weighted by atomic mass is 16.7. The van der Waals surface area contributed by atoms with Crippen molar-refractivity contribution in [3.63, 3.8) is 0 Å². The van der Waals surface area contributed by atoms with Gasteiger partial charge in [-0.1, -0.05) is 64.7 Å². The summed E-state index contributed by atoms with van der Waals surface area (Å²) in [6.07, 6.45) is 6.05. The SMILES string of the molecule is CCCCCCCCCCCCOC1OC(CO)C(OCC(=O)O)C(O)C1O. The van der Waals surface area contributed by atoms with Crippen molar-refractivity contribution in [2.75, 3.05) is 19.8 Å². The van der Waals surface area contributed by atoms with Gasteiger partial charge in [-0.2, -0.15) is 0 Å². The second-order valence-corrected chi connectivity index (χ2v) is 7.43. The summed E-state index contributed by atoms with van der Waals surface area (Å²) in [6, 6.07) is 0. The number of aliphatic carboxylic acids is 1. The summed E-state index contributed by atoms with van der Waals surface area (Å²) >= 11 is 0. The van der Waals surface area contributed by atoms with E-state index < -0.39 is 49.9 Å². The van der Waals surface area contributed by atoms with Crippen molar-refractivity contribution in [1.82, 2.24) is 0 Å². The van der Waals surface area contributed by atoms with Gasteiger partial charge in [0.15, 0.2) is 6.29 Å². The van der Waals surface area contributed by atoms with Crippen LogP contribution in [-0.2, 0) is 19.0 Å². The van der Waals surface area contributed by atoms with E-state index in [0.717, 1.165) is 19.3 Å². The second kappa shape index (κ2) is 15.1. The van der Waals surface area contributed by atoms with Crippen molar-refractivity contribution in [3.05, 3.63) is 0 Å². The molecule has 0 bridgehead atoms. The Hall–Kier alpha value is -0.770. The highest BCUT2D eigenvalue weighted by Gasteiger charge is 2.45. The first-order valence-electron chi connectivity index (χ1n) is 10.6. The number of aliphatic hydroxyl groups is 3. The highest BCUT2D eigenvalue weighted by Crippen LogP contribution is 2.24. The average molecular weight is 407 g/mol. The van der Waals surface area contributed by atoms with Gasteiger partial charge in [-0.25, -0.2) is 4.79 Å². The maximum atomic E-state index is 10.6.